The van der Waals surface area contributed by atoms with Crippen LogP contribution < -0.4 is 5.73 Å². The summed E-state index contributed by atoms with van der Waals surface area (Å²) < 4.78 is 11.1. The molecule has 1 heterocycles. The fourth-order valence-electron chi connectivity index (χ4n) is 2.60. The van der Waals surface area contributed by atoms with E-state index in [1.807, 2.05) is 6.07 Å². The minimum absolute atomic E-state index is 0.0193. The molecule has 0 radical (unpaired) electrons. The zero-order valence-electron chi connectivity index (χ0n) is 10.5. The number of hydrogen-bond donors (Lipinski definition) is 1. The van der Waals surface area contributed by atoms with E-state index in [0.29, 0.717) is 24.3 Å². The van der Waals surface area contributed by atoms with Gasteiger partial charge in [-0.25, -0.2) is 0 Å². The van der Waals surface area contributed by atoms with Gasteiger partial charge in [-0.2, -0.15) is 10.5 Å². The predicted molar refractivity (Wildman–Crippen MR) is 63.3 cm³/mol. The summed E-state index contributed by atoms with van der Waals surface area (Å²) in [5, 5.41) is 18.4. The standard InChI is InChI=1S/C13H15N3O2/c1-8-3-4-13(17-2)11(5-8)9(6-14)10(7-15)12(16)18-13/h8H,3-5,16H2,1-2H3/t8-,13-/m0/s1. The van der Waals surface area contributed by atoms with Gasteiger partial charge in [0.25, 0.3) is 0 Å². The van der Waals surface area contributed by atoms with E-state index in [-0.39, 0.29) is 11.5 Å². The zero-order valence-corrected chi connectivity index (χ0v) is 10.5. The molecular weight excluding hydrogens is 230 g/mol. The summed E-state index contributed by atoms with van der Waals surface area (Å²) in [6.07, 6.45) is 2.27. The van der Waals surface area contributed by atoms with E-state index in [1.54, 1.807) is 0 Å². The van der Waals surface area contributed by atoms with Gasteiger partial charge >= 0.3 is 0 Å². The van der Waals surface area contributed by atoms with Crippen LogP contribution in [0.2, 0.25) is 0 Å². The molecule has 5 heteroatoms. The van der Waals surface area contributed by atoms with Crippen LogP contribution in [0.4, 0.5) is 0 Å². The van der Waals surface area contributed by atoms with Crippen LogP contribution in [0.3, 0.4) is 0 Å². The molecule has 1 aliphatic heterocycles. The number of nitrogens with zero attached hydrogens (tertiary/aromatic N) is 2. The lowest BCUT2D eigenvalue weighted by Gasteiger charge is -2.42. The highest BCUT2D eigenvalue weighted by atomic mass is 16.7. The summed E-state index contributed by atoms with van der Waals surface area (Å²) in [6, 6.07) is 4.01. The average molecular weight is 245 g/mol. The molecule has 2 atom stereocenters. The summed E-state index contributed by atoms with van der Waals surface area (Å²) >= 11 is 0. The smallest absolute Gasteiger partial charge is 0.236 e. The number of fused-ring (bicyclic) bond motifs is 1. The molecule has 1 aliphatic carbocycles. The minimum Gasteiger partial charge on any atom is -0.442 e. The van der Waals surface area contributed by atoms with Gasteiger partial charge in [-0.05, 0) is 18.8 Å². The normalized spacial score (nSPS) is 31.2. The number of nitriles is 2. The van der Waals surface area contributed by atoms with Crippen molar-refractivity contribution in [1.29, 1.82) is 10.5 Å². The van der Waals surface area contributed by atoms with Crippen molar-refractivity contribution >= 4 is 0 Å². The molecule has 5 nitrogen and oxygen atoms in total. The van der Waals surface area contributed by atoms with Crippen molar-refractivity contribution in [3.05, 3.63) is 22.6 Å². The quantitative estimate of drug-likeness (QED) is 0.758. The molecule has 0 saturated heterocycles. The van der Waals surface area contributed by atoms with Crippen LogP contribution in [0.25, 0.3) is 0 Å². The lowest BCUT2D eigenvalue weighted by atomic mass is 9.77. The van der Waals surface area contributed by atoms with E-state index in [2.05, 4.69) is 13.0 Å². The molecule has 0 aromatic heterocycles. The Hall–Kier alpha value is -1.98. The van der Waals surface area contributed by atoms with Gasteiger partial charge in [0.05, 0.1) is 5.57 Å². The average Bonchev–Trinajstić information content (AvgIpc) is 2.37. The van der Waals surface area contributed by atoms with Gasteiger partial charge in [-0.1, -0.05) is 6.92 Å². The van der Waals surface area contributed by atoms with Crippen molar-refractivity contribution in [2.75, 3.05) is 7.11 Å². The number of rotatable bonds is 1. The SMILES string of the molecule is CO[C@]12CC[C@H](C)CC1=C(C#N)C(C#N)=C(N)O2. The van der Waals surface area contributed by atoms with Crippen molar-refractivity contribution in [2.24, 2.45) is 11.7 Å². The molecular formula is C13H15N3O2. The van der Waals surface area contributed by atoms with E-state index >= 15 is 0 Å². The van der Waals surface area contributed by atoms with Crippen LogP contribution in [0.5, 0.6) is 0 Å². The number of ether oxygens (including phenoxy) is 2. The topological polar surface area (TPSA) is 92.1 Å². The third-order valence-electron chi connectivity index (χ3n) is 3.60. The Morgan fingerprint density at radius 3 is 2.61 bits per heavy atom. The third-order valence-corrected chi connectivity index (χ3v) is 3.60. The molecule has 1 fully saturated rings. The van der Waals surface area contributed by atoms with Crippen molar-refractivity contribution < 1.29 is 9.47 Å². The maximum atomic E-state index is 9.29. The molecule has 0 aromatic carbocycles. The lowest BCUT2D eigenvalue weighted by molar-refractivity contribution is -0.190. The van der Waals surface area contributed by atoms with Crippen LogP contribution in [0, 0.1) is 28.6 Å². The minimum atomic E-state index is -0.956. The van der Waals surface area contributed by atoms with Gasteiger partial charge in [0.2, 0.25) is 11.7 Å². The second kappa shape index (κ2) is 4.36. The molecule has 0 bridgehead atoms. The van der Waals surface area contributed by atoms with E-state index in [9.17, 15) is 5.26 Å². The van der Waals surface area contributed by atoms with Gasteiger partial charge in [-0.3, -0.25) is 0 Å². The van der Waals surface area contributed by atoms with Gasteiger partial charge in [-0.15, -0.1) is 0 Å². The van der Waals surface area contributed by atoms with Crippen LogP contribution >= 0.6 is 0 Å². The predicted octanol–water partition coefficient (Wildman–Crippen LogP) is 1.69. The maximum absolute atomic E-state index is 9.29. The van der Waals surface area contributed by atoms with Gasteiger partial charge < -0.3 is 15.2 Å². The molecule has 2 N–H and O–H groups in total. The highest BCUT2D eigenvalue weighted by Gasteiger charge is 2.47. The lowest BCUT2D eigenvalue weighted by Crippen LogP contribution is -2.45. The van der Waals surface area contributed by atoms with Gasteiger partial charge in [0.1, 0.15) is 17.7 Å². The van der Waals surface area contributed by atoms with E-state index in [1.165, 1.54) is 7.11 Å². The van der Waals surface area contributed by atoms with Crippen LogP contribution in [-0.2, 0) is 9.47 Å². The molecule has 18 heavy (non-hydrogen) atoms. The summed E-state index contributed by atoms with van der Waals surface area (Å²) in [4.78, 5) is 0. The van der Waals surface area contributed by atoms with Crippen LogP contribution in [-0.4, -0.2) is 12.9 Å². The molecule has 0 spiro atoms. The van der Waals surface area contributed by atoms with Crippen LogP contribution in [0.1, 0.15) is 26.2 Å². The Bertz CT molecular complexity index is 521. The first-order valence-corrected chi connectivity index (χ1v) is 5.86. The van der Waals surface area contributed by atoms with Crippen molar-refractivity contribution in [3.63, 3.8) is 0 Å². The number of allylic oxidation sites excluding steroid dienone is 2. The Balaban J connectivity index is 2.62. The second-order valence-corrected chi connectivity index (χ2v) is 4.72. The Labute approximate surface area is 106 Å². The third kappa shape index (κ3) is 1.64. The summed E-state index contributed by atoms with van der Waals surface area (Å²) in [7, 11) is 1.54. The number of methoxy groups -OCH3 is 1. The monoisotopic (exact) mass is 245 g/mol. The van der Waals surface area contributed by atoms with E-state index in [0.717, 1.165) is 12.0 Å². The summed E-state index contributed by atoms with van der Waals surface area (Å²) in [6.45, 7) is 2.11. The summed E-state index contributed by atoms with van der Waals surface area (Å²) in [5.41, 5.74) is 6.91. The number of hydrogen-bond acceptors (Lipinski definition) is 5. The Kier molecular flexibility index (Phi) is 3.02. The molecule has 2 aliphatic rings. The van der Waals surface area contributed by atoms with Crippen LogP contribution in [0.15, 0.2) is 22.6 Å². The van der Waals surface area contributed by atoms with Gasteiger partial charge in [0.15, 0.2) is 0 Å². The zero-order chi connectivity index (χ0) is 13.3. The molecule has 0 aromatic rings. The molecule has 94 valence electrons. The van der Waals surface area contributed by atoms with Crippen molar-refractivity contribution in [1.82, 2.24) is 0 Å². The van der Waals surface area contributed by atoms with Gasteiger partial charge in [0, 0.05) is 19.1 Å². The Morgan fingerprint density at radius 2 is 2.06 bits per heavy atom. The fraction of sp³-hybridized carbons (Fsp3) is 0.538. The van der Waals surface area contributed by atoms with Crippen molar-refractivity contribution in [2.45, 2.75) is 32.0 Å². The fourth-order valence-corrected chi connectivity index (χ4v) is 2.60. The number of nitrogens with two attached hydrogens (primary N) is 1. The molecule has 0 unspecified atom stereocenters. The molecule has 1 saturated carbocycles. The maximum Gasteiger partial charge on any atom is 0.236 e. The summed E-state index contributed by atoms with van der Waals surface area (Å²) in [5.74, 6) is -0.536. The molecule has 0 amide bonds. The Morgan fingerprint density at radius 1 is 1.39 bits per heavy atom. The first-order valence-electron chi connectivity index (χ1n) is 5.86. The molecule has 2 rings (SSSR count). The largest absolute Gasteiger partial charge is 0.442 e. The van der Waals surface area contributed by atoms with E-state index in [4.69, 9.17) is 20.5 Å². The first kappa shape index (κ1) is 12.5. The first-order chi connectivity index (χ1) is 8.57. The second-order valence-electron chi connectivity index (χ2n) is 4.72. The van der Waals surface area contributed by atoms with Crippen molar-refractivity contribution in [3.8, 4) is 12.1 Å². The highest BCUT2D eigenvalue weighted by molar-refractivity contribution is 5.57. The van der Waals surface area contributed by atoms with E-state index < -0.39 is 5.79 Å². The highest BCUT2D eigenvalue weighted by Crippen LogP contribution is 2.46.